The van der Waals surface area contributed by atoms with E-state index in [4.69, 9.17) is 9.47 Å². The number of nitrogens with one attached hydrogen (secondary N) is 4. The van der Waals surface area contributed by atoms with Crippen LogP contribution in [0.5, 0.6) is 11.5 Å². The molecule has 4 N–H and O–H groups in total. The summed E-state index contributed by atoms with van der Waals surface area (Å²) < 4.78 is 42.7. The van der Waals surface area contributed by atoms with E-state index in [1.165, 1.54) is 35.1 Å². The van der Waals surface area contributed by atoms with E-state index in [0.29, 0.717) is 62.5 Å². The second-order valence-electron chi connectivity index (χ2n) is 15.5. The van der Waals surface area contributed by atoms with Gasteiger partial charge in [-0.3, -0.25) is 29.2 Å². The Kier molecular flexibility index (Phi) is 12.5. The fourth-order valence-electron chi connectivity index (χ4n) is 7.94. The number of hydrogen-bond donors (Lipinski definition) is 4. The summed E-state index contributed by atoms with van der Waals surface area (Å²) in [4.78, 5) is 71.1. The summed E-state index contributed by atoms with van der Waals surface area (Å²) in [7, 11) is 1.99. The lowest BCUT2D eigenvalue weighted by Gasteiger charge is -2.31. The highest BCUT2D eigenvalue weighted by Crippen LogP contribution is 2.35. The van der Waals surface area contributed by atoms with E-state index in [9.17, 15) is 32.8 Å². The third-order valence-corrected chi connectivity index (χ3v) is 11.2. The number of amides is 5. The van der Waals surface area contributed by atoms with E-state index in [-0.39, 0.29) is 46.7 Å². The monoisotopic (exact) mass is 853 g/mol. The number of anilines is 2. The largest absolute Gasteiger partial charge is 0.457 e. The van der Waals surface area contributed by atoms with Gasteiger partial charge in [0.25, 0.3) is 29.9 Å². The summed E-state index contributed by atoms with van der Waals surface area (Å²) in [5, 5.41) is 18.8. The number of ketones is 1. The summed E-state index contributed by atoms with van der Waals surface area (Å²) in [6.45, 7) is 4.57. The van der Waals surface area contributed by atoms with E-state index in [1.807, 2.05) is 18.4 Å². The van der Waals surface area contributed by atoms with Gasteiger partial charge in [-0.25, -0.2) is 23.1 Å². The van der Waals surface area contributed by atoms with Gasteiger partial charge in [0.05, 0.1) is 36.7 Å². The summed E-state index contributed by atoms with van der Waals surface area (Å²) in [5.41, 5.74) is 0.720. The van der Waals surface area contributed by atoms with Crippen molar-refractivity contribution < 1.29 is 42.2 Å². The van der Waals surface area contributed by atoms with Crippen LogP contribution in [-0.2, 0) is 16.1 Å². The van der Waals surface area contributed by atoms with Crippen molar-refractivity contribution in [3.05, 3.63) is 95.1 Å². The molecule has 0 spiro atoms. The maximum absolute atomic E-state index is 14.2. The number of carbonyl (C=O) groups is 5. The van der Waals surface area contributed by atoms with Crippen molar-refractivity contribution in [1.82, 2.24) is 45.2 Å². The van der Waals surface area contributed by atoms with Crippen LogP contribution in [0.4, 0.5) is 25.1 Å². The van der Waals surface area contributed by atoms with Crippen molar-refractivity contribution in [2.45, 2.75) is 44.7 Å². The molecule has 0 unspecified atom stereocenters. The first kappa shape index (κ1) is 41.9. The van der Waals surface area contributed by atoms with Gasteiger partial charge >= 0.3 is 6.03 Å². The summed E-state index contributed by atoms with van der Waals surface area (Å²) in [5.74, 6) is -1.51. The average Bonchev–Trinajstić information content (AvgIpc) is 3.90. The molecule has 5 aromatic rings. The van der Waals surface area contributed by atoms with E-state index in [2.05, 4.69) is 40.9 Å². The number of rotatable bonds is 14. The van der Waals surface area contributed by atoms with Gasteiger partial charge < -0.3 is 35.2 Å². The molecule has 1 saturated carbocycles. The maximum Gasteiger partial charge on any atom is 0.315 e. The number of carbonyl (C=O) groups excluding carboxylic acids is 5. The van der Waals surface area contributed by atoms with Crippen LogP contribution in [0.25, 0.3) is 5.65 Å². The van der Waals surface area contributed by atoms with Gasteiger partial charge in [0, 0.05) is 57.2 Å². The molecular weight excluding hydrogens is 809 g/mol. The molecule has 2 aromatic carbocycles. The number of benzene rings is 2. The van der Waals surface area contributed by atoms with Crippen molar-refractivity contribution in [1.29, 1.82) is 0 Å². The molecule has 324 valence electrons. The minimum absolute atomic E-state index is 0.00650. The first-order valence-corrected chi connectivity index (χ1v) is 20.4. The number of nitrogens with zero attached hydrogens (tertiary/aromatic N) is 7. The summed E-state index contributed by atoms with van der Waals surface area (Å²) in [6, 6.07) is 12.7. The van der Waals surface area contributed by atoms with Gasteiger partial charge in [-0.15, -0.1) is 0 Å². The summed E-state index contributed by atoms with van der Waals surface area (Å²) in [6.07, 6.45) is 4.89. The zero-order valence-electron chi connectivity index (χ0n) is 33.8. The Morgan fingerprint density at radius 3 is 2.53 bits per heavy atom. The first-order valence-electron chi connectivity index (χ1n) is 20.4. The predicted octanol–water partition coefficient (Wildman–Crippen LogP) is 4.36. The number of fused-ring (bicyclic) bond motifs is 2. The highest BCUT2D eigenvalue weighted by atomic mass is 19.3. The number of ether oxygens (including phenoxy) is 2. The highest BCUT2D eigenvalue weighted by Gasteiger charge is 2.33. The molecule has 20 heteroatoms. The average molecular weight is 854 g/mol. The molecule has 2 aliphatic heterocycles. The molecule has 0 atom stereocenters. The number of likely N-dealkylation sites (N-methyl/N-ethyl adjacent to an activating group) is 1. The molecule has 8 rings (SSSR count). The molecule has 2 fully saturated rings. The Balaban J connectivity index is 0.762. The van der Waals surface area contributed by atoms with Crippen molar-refractivity contribution in [2.24, 2.45) is 5.92 Å². The molecule has 1 saturated heterocycles. The van der Waals surface area contributed by atoms with Crippen molar-refractivity contribution >= 4 is 46.7 Å². The maximum atomic E-state index is 14.2. The third-order valence-electron chi connectivity index (χ3n) is 11.2. The quantitative estimate of drug-likeness (QED) is 0.0909. The number of alkyl halides is 2. The van der Waals surface area contributed by atoms with Crippen molar-refractivity contribution in [3.63, 3.8) is 0 Å². The predicted molar refractivity (Wildman–Crippen MR) is 220 cm³/mol. The normalized spacial score (nSPS) is 17.9. The molecule has 62 heavy (non-hydrogen) atoms. The van der Waals surface area contributed by atoms with Crippen LogP contribution in [0, 0.1) is 5.92 Å². The number of Topliss-reactive ketones (excluding diaryl/α,β-unsaturated/α-hetero) is 1. The third kappa shape index (κ3) is 9.40. The van der Waals surface area contributed by atoms with E-state index in [1.54, 1.807) is 35.1 Å². The first-order chi connectivity index (χ1) is 30.0. The lowest BCUT2D eigenvalue weighted by molar-refractivity contribution is -0.116. The van der Waals surface area contributed by atoms with Crippen LogP contribution in [0.2, 0.25) is 0 Å². The van der Waals surface area contributed by atoms with Crippen LogP contribution < -0.4 is 30.9 Å². The SMILES string of the molecule is CN(CCNC(=O)NCc1ccc(Oc2cccc3c2C(=O)NC(=O)C3=O)cc1)CC1CCC(n2cc(NC(=O)c3cnn4ccc(N5CCOCC5)nc34)c(C(F)F)n2)CC1. The Labute approximate surface area is 353 Å². The lowest BCUT2D eigenvalue weighted by Crippen LogP contribution is -2.42. The van der Waals surface area contributed by atoms with Crippen molar-refractivity contribution in [3.8, 4) is 11.5 Å². The van der Waals surface area contributed by atoms with Gasteiger partial charge in [0.15, 0.2) is 11.3 Å². The molecule has 3 aliphatic rings. The molecular formula is C42H45F2N11O7. The highest BCUT2D eigenvalue weighted by molar-refractivity contribution is 6.49. The Morgan fingerprint density at radius 1 is 1.00 bits per heavy atom. The Hall–Kier alpha value is -6.80. The lowest BCUT2D eigenvalue weighted by atomic mass is 9.86. The van der Waals surface area contributed by atoms with Gasteiger partial charge in [0.1, 0.15) is 22.9 Å². The number of halogens is 2. The molecule has 1 aliphatic carbocycles. The Bertz CT molecular complexity index is 2480. The van der Waals surface area contributed by atoms with E-state index >= 15 is 0 Å². The number of urea groups is 1. The number of morpholine rings is 1. The molecule has 0 bridgehead atoms. The molecule has 5 amide bonds. The molecule has 5 heterocycles. The molecule has 18 nitrogen and oxygen atoms in total. The van der Waals surface area contributed by atoms with Gasteiger partial charge in [0.2, 0.25) is 0 Å². The van der Waals surface area contributed by atoms with Crippen LogP contribution in [0.1, 0.15) is 80.5 Å². The van der Waals surface area contributed by atoms with Gasteiger partial charge in [-0.1, -0.05) is 18.2 Å². The van der Waals surface area contributed by atoms with Crippen LogP contribution in [0.3, 0.4) is 0 Å². The fourth-order valence-corrected chi connectivity index (χ4v) is 7.94. The Morgan fingerprint density at radius 2 is 1.77 bits per heavy atom. The topological polar surface area (TPSA) is 206 Å². The van der Waals surface area contributed by atoms with Crippen LogP contribution in [0.15, 0.2) is 67.1 Å². The minimum atomic E-state index is -2.89. The van der Waals surface area contributed by atoms with Crippen LogP contribution in [-0.4, -0.2) is 112 Å². The van der Waals surface area contributed by atoms with Crippen LogP contribution >= 0.6 is 0 Å². The van der Waals surface area contributed by atoms with Gasteiger partial charge in [-0.2, -0.15) is 10.2 Å². The fraction of sp³-hybridized carbons (Fsp3) is 0.381. The number of aromatic nitrogens is 5. The second-order valence-corrected chi connectivity index (χ2v) is 15.5. The number of imide groups is 1. The van der Waals surface area contributed by atoms with Crippen molar-refractivity contribution in [2.75, 3.05) is 63.2 Å². The van der Waals surface area contributed by atoms with E-state index in [0.717, 1.165) is 37.8 Å². The standard InChI is InChI=1S/C42H45F2N11O7/c1-52(16-14-45-42(60)46-21-25-7-11-28(12-8-25)62-32-4-2-3-29-34(32)40(58)50-41(59)36(29)56)23-26-5-9-27(10-6-26)55-24-31(35(51-55)37(43)44)48-39(57)30-22-47-54-15-13-33(49-38(30)54)53-17-19-61-20-18-53/h2-4,7-8,11-13,15,22,24,26-27,37H,5-6,9-10,14,16-21,23H2,1H3,(H,48,57)(H2,45,46,60)(H,50,58,59). The smallest absolute Gasteiger partial charge is 0.315 e. The zero-order chi connectivity index (χ0) is 43.3. The van der Waals surface area contributed by atoms with Gasteiger partial charge in [-0.05, 0) is 74.5 Å². The molecule has 0 radical (unpaired) electrons. The second kappa shape index (κ2) is 18.4. The van der Waals surface area contributed by atoms with E-state index < -0.39 is 35.6 Å². The minimum Gasteiger partial charge on any atom is -0.457 e. The molecule has 3 aromatic heterocycles. The number of hydrogen-bond acceptors (Lipinski definition) is 12. The zero-order valence-corrected chi connectivity index (χ0v) is 33.8. The summed E-state index contributed by atoms with van der Waals surface area (Å²) >= 11 is 0.